The predicted octanol–water partition coefficient (Wildman–Crippen LogP) is 3.69. The normalized spacial score (nSPS) is 12.8. The van der Waals surface area contributed by atoms with Gasteiger partial charge in [-0.05, 0) is 48.5 Å². The third kappa shape index (κ3) is 8.14. The third-order valence-electron chi connectivity index (χ3n) is 6.48. The van der Waals surface area contributed by atoms with E-state index in [4.69, 9.17) is 0 Å². The molecule has 0 aliphatic carbocycles. The summed E-state index contributed by atoms with van der Waals surface area (Å²) in [5.74, 6) is -2.75. The van der Waals surface area contributed by atoms with Crippen molar-refractivity contribution < 1.29 is 71.7 Å². The van der Waals surface area contributed by atoms with Gasteiger partial charge in [0.2, 0.25) is 6.41 Å². The van der Waals surface area contributed by atoms with E-state index >= 15 is 0 Å². The molecule has 0 unspecified atom stereocenters. The van der Waals surface area contributed by atoms with Crippen molar-refractivity contribution >= 4 is 91.8 Å². The second kappa shape index (κ2) is 14.2. The Morgan fingerprint density at radius 2 is 1.17 bits per heavy atom. The molecule has 0 saturated heterocycles. The van der Waals surface area contributed by atoms with E-state index in [1.54, 1.807) is 0 Å². The maximum atomic E-state index is 12.4. The number of carbonyl (C=O) groups excluding carboxylic acids is 1. The summed E-state index contributed by atoms with van der Waals surface area (Å²) < 4.78 is 137. The first-order valence-electron chi connectivity index (χ1n) is 13.0. The molecule has 1 amide bonds. The van der Waals surface area contributed by atoms with Gasteiger partial charge in [0.1, 0.15) is 42.3 Å². The van der Waals surface area contributed by atoms with Crippen LogP contribution in [0.1, 0.15) is 0 Å². The number of phenols is 2. The Morgan fingerprint density at radius 1 is 0.654 bits per heavy atom. The molecule has 4 rings (SSSR count). The number of amides is 1. The van der Waals surface area contributed by atoms with E-state index in [1.807, 2.05) is 0 Å². The molecule has 4 aromatic carbocycles. The van der Waals surface area contributed by atoms with Crippen LogP contribution in [-0.4, -0.2) is 75.6 Å². The molecule has 0 aliphatic heterocycles. The minimum absolute atomic E-state index is 0.156. The smallest absolute Gasteiger partial charge is 0.296 e. The van der Waals surface area contributed by atoms with E-state index in [-0.39, 0.29) is 17.8 Å². The molecule has 0 aliphatic rings. The summed E-state index contributed by atoms with van der Waals surface area (Å²) in [6.07, 6.45) is 0.156. The fourth-order valence-corrected chi connectivity index (χ4v) is 6.96. The lowest BCUT2D eigenvalue weighted by Gasteiger charge is -2.14. The fraction of sp³-hybridized carbons (Fsp3) is 0.0417. The molecule has 24 nitrogen and oxygen atoms in total. The van der Waals surface area contributed by atoms with Crippen molar-refractivity contribution in [2.75, 3.05) is 17.6 Å². The molecular weight excluding hydrogens is 787 g/mol. The van der Waals surface area contributed by atoms with Crippen LogP contribution in [0.4, 0.5) is 34.1 Å². The number of nitroso groups, excluding NO2 is 1. The predicted molar refractivity (Wildman–Crippen MR) is 173 cm³/mol. The minimum Gasteiger partial charge on any atom is -0.505 e. The van der Waals surface area contributed by atoms with Gasteiger partial charge < -0.3 is 15.5 Å². The summed E-state index contributed by atoms with van der Waals surface area (Å²) in [5, 5.41) is 39.0. The minimum atomic E-state index is -5.52. The van der Waals surface area contributed by atoms with Gasteiger partial charge in [0.15, 0.2) is 11.5 Å². The van der Waals surface area contributed by atoms with Gasteiger partial charge in [-0.3, -0.25) is 27.8 Å². The summed E-state index contributed by atoms with van der Waals surface area (Å²) in [5.41, 5.74) is -4.25. The third-order valence-corrected chi connectivity index (χ3v) is 10.0. The molecule has 0 heterocycles. The van der Waals surface area contributed by atoms with Crippen molar-refractivity contribution in [1.82, 2.24) is 0 Å². The summed E-state index contributed by atoms with van der Waals surface area (Å²) in [4.78, 5) is 21.6. The second-order valence-corrected chi connectivity index (χ2v) is 15.2. The highest BCUT2D eigenvalue weighted by atomic mass is 32.2. The second-order valence-electron chi connectivity index (χ2n) is 9.67. The zero-order chi connectivity index (χ0) is 39.0. The van der Waals surface area contributed by atoms with Gasteiger partial charge in [-0.2, -0.15) is 33.7 Å². The average molecular weight is 806 g/mol. The Kier molecular flexibility index (Phi) is 10.7. The molecular formula is C24H19N7O17S4. The number of nitrogens with zero attached hydrogens (tertiary/aromatic N) is 6. The topological polar surface area (TPSA) is 378 Å². The molecule has 0 spiro atoms. The standard InChI is InChI=1S/C24H19N7O17S4/c1-48-31(30-35)12-3-5-15(19(7-12)51(42,43)44)26-28-16-9-17(49(36,37)38)13-8-20(52(45,46)47)22(24(34)21(13)23(16)33)29-27-14-4-2-11(25-10-32)6-18(14)50(39,40)41/h2-10,33-34H,1H3,(H,25,32)(H,36,37,38)(H,39,40,41)(H,42,43,44)(H,45,46,47). The maximum absolute atomic E-state index is 12.4. The molecule has 0 atom stereocenters. The van der Waals surface area contributed by atoms with Crippen molar-refractivity contribution in [3.8, 4) is 11.5 Å². The van der Waals surface area contributed by atoms with E-state index in [1.165, 1.54) is 0 Å². The quantitative estimate of drug-likeness (QED) is 0.0333. The Labute approximate surface area is 290 Å². The van der Waals surface area contributed by atoms with Gasteiger partial charge in [0.25, 0.3) is 40.5 Å². The molecule has 28 heteroatoms. The zero-order valence-electron chi connectivity index (χ0n) is 25.2. The van der Waals surface area contributed by atoms with Crippen LogP contribution in [0.3, 0.4) is 0 Å². The lowest BCUT2D eigenvalue weighted by molar-refractivity contribution is -0.105. The molecule has 0 bridgehead atoms. The number of benzene rings is 4. The van der Waals surface area contributed by atoms with E-state index in [0.717, 1.165) is 31.4 Å². The van der Waals surface area contributed by atoms with Crippen LogP contribution >= 0.6 is 0 Å². The molecule has 276 valence electrons. The summed E-state index contributed by atoms with van der Waals surface area (Å²) in [6, 6.07) is 5.79. The maximum Gasteiger partial charge on any atom is 0.296 e. The molecule has 4 aromatic rings. The van der Waals surface area contributed by atoms with Crippen molar-refractivity contribution in [3.63, 3.8) is 0 Å². The zero-order valence-corrected chi connectivity index (χ0v) is 28.5. The van der Waals surface area contributed by atoms with E-state index in [0.29, 0.717) is 29.4 Å². The van der Waals surface area contributed by atoms with Crippen LogP contribution in [0, 0.1) is 4.91 Å². The molecule has 0 radical (unpaired) electrons. The number of fused-ring (bicyclic) bond motifs is 1. The number of hydrogen-bond donors (Lipinski definition) is 7. The number of carbonyl (C=O) groups is 1. The SMILES string of the molecule is CON(N=O)c1ccc(N=Nc2cc(S(=O)(=O)O)c3cc(S(=O)(=O)O)c(N=Nc4ccc(NC=O)cc4S(=O)(=O)O)c(O)c3c2O)c(S(=O)(=O)O)c1. The Balaban J connectivity index is 2.05. The van der Waals surface area contributed by atoms with Crippen molar-refractivity contribution in [2.45, 2.75) is 19.6 Å². The number of anilines is 2. The van der Waals surface area contributed by atoms with Crippen LogP contribution in [0.25, 0.3) is 10.8 Å². The van der Waals surface area contributed by atoms with Crippen molar-refractivity contribution in [3.05, 3.63) is 53.4 Å². The number of aromatic hydroxyl groups is 2. The first-order chi connectivity index (χ1) is 24.0. The molecule has 0 fully saturated rings. The molecule has 0 aromatic heterocycles. The highest BCUT2D eigenvalue weighted by Crippen LogP contribution is 2.50. The van der Waals surface area contributed by atoms with Crippen LogP contribution in [0.15, 0.2) is 93.9 Å². The first kappa shape index (κ1) is 39.2. The molecule has 0 saturated carbocycles. The van der Waals surface area contributed by atoms with Gasteiger partial charge >= 0.3 is 0 Å². The lowest BCUT2D eigenvalue weighted by atomic mass is 10.1. The molecule has 7 N–H and O–H groups in total. The fourth-order valence-electron chi connectivity index (χ4n) is 4.32. The number of phenolic OH excluding ortho intramolecular Hbond substituents is 2. The van der Waals surface area contributed by atoms with Gasteiger partial charge in [0, 0.05) is 11.1 Å². The monoisotopic (exact) mass is 805 g/mol. The summed E-state index contributed by atoms with van der Waals surface area (Å²) in [7, 11) is -20.3. The van der Waals surface area contributed by atoms with Crippen LogP contribution in [0.5, 0.6) is 11.5 Å². The Hall–Kier alpha value is -5.59. The average Bonchev–Trinajstić information content (AvgIpc) is 3.03. The van der Waals surface area contributed by atoms with Crippen LogP contribution in [-0.2, 0) is 50.1 Å². The summed E-state index contributed by atoms with van der Waals surface area (Å²) >= 11 is 0. The lowest BCUT2D eigenvalue weighted by Crippen LogP contribution is -2.13. The van der Waals surface area contributed by atoms with E-state index in [9.17, 15) is 71.8 Å². The van der Waals surface area contributed by atoms with Gasteiger partial charge in [-0.1, -0.05) is 0 Å². The van der Waals surface area contributed by atoms with E-state index in [2.05, 4.69) is 35.9 Å². The van der Waals surface area contributed by atoms with Crippen molar-refractivity contribution in [1.29, 1.82) is 0 Å². The highest BCUT2D eigenvalue weighted by molar-refractivity contribution is 7.87. The van der Waals surface area contributed by atoms with Gasteiger partial charge in [0.05, 0.1) is 23.5 Å². The highest BCUT2D eigenvalue weighted by Gasteiger charge is 2.30. The summed E-state index contributed by atoms with van der Waals surface area (Å²) in [6.45, 7) is 0. The Morgan fingerprint density at radius 3 is 1.69 bits per heavy atom. The number of hydrogen-bond acceptors (Lipinski definition) is 18. The first-order valence-corrected chi connectivity index (χ1v) is 18.7. The van der Waals surface area contributed by atoms with Crippen molar-refractivity contribution in [2.24, 2.45) is 25.7 Å². The van der Waals surface area contributed by atoms with Crippen LogP contribution in [0.2, 0.25) is 0 Å². The Bertz CT molecular complexity index is 2670. The number of azo groups is 2. The van der Waals surface area contributed by atoms with Crippen LogP contribution < -0.4 is 10.5 Å². The molecule has 52 heavy (non-hydrogen) atoms. The number of rotatable bonds is 13. The number of nitrogens with one attached hydrogen (secondary N) is 1. The van der Waals surface area contributed by atoms with Gasteiger partial charge in [-0.25, -0.2) is 0 Å². The van der Waals surface area contributed by atoms with Gasteiger partial charge in [-0.15, -0.1) is 30.5 Å². The van der Waals surface area contributed by atoms with E-state index < -0.39 is 105 Å². The largest absolute Gasteiger partial charge is 0.505 e.